The Morgan fingerprint density at radius 1 is 1.21 bits per heavy atom. The van der Waals surface area contributed by atoms with Crippen molar-refractivity contribution in [3.05, 3.63) is 29.8 Å². The highest BCUT2D eigenvalue weighted by atomic mass is 32.2. The van der Waals surface area contributed by atoms with Gasteiger partial charge in [0.1, 0.15) is 0 Å². The highest BCUT2D eigenvalue weighted by Gasteiger charge is 2.22. The average Bonchev–Trinajstić information content (AvgIpc) is 2.55. The average molecular weight is 355 g/mol. The second-order valence-corrected chi connectivity index (χ2v) is 8.34. The maximum Gasteiger partial charge on any atom is 0.243 e. The van der Waals surface area contributed by atoms with Crippen molar-refractivity contribution in [2.24, 2.45) is 5.92 Å². The van der Waals surface area contributed by atoms with E-state index in [0.717, 1.165) is 35.6 Å². The molecule has 0 saturated heterocycles. The number of aryl methyl sites for hydroxylation is 1. The molecule has 0 spiro atoms. The second-order valence-electron chi connectivity index (χ2n) is 6.29. The standard InChI is InChI=1S/C18H30N2O3S/c1-5-7-8-16(6-2)13-19-18(21)14-20(4)24(22,23)17-11-9-15(3)10-12-17/h9-12,16H,5-8,13-14H2,1-4H3,(H,19,21)/t16-/m1/s1. The number of carbonyl (C=O) groups excluding carboxylic acids is 1. The van der Waals surface area contributed by atoms with Gasteiger partial charge in [-0.15, -0.1) is 0 Å². The Morgan fingerprint density at radius 2 is 1.83 bits per heavy atom. The summed E-state index contributed by atoms with van der Waals surface area (Å²) in [6, 6.07) is 6.63. The van der Waals surface area contributed by atoms with Crippen LogP contribution < -0.4 is 5.32 Å². The molecule has 5 nitrogen and oxygen atoms in total. The number of hydrogen-bond acceptors (Lipinski definition) is 3. The van der Waals surface area contributed by atoms with Crippen LogP contribution in [0.4, 0.5) is 0 Å². The van der Waals surface area contributed by atoms with Crippen LogP contribution in [0.25, 0.3) is 0 Å². The van der Waals surface area contributed by atoms with Crippen molar-refractivity contribution in [3.8, 4) is 0 Å². The number of sulfonamides is 1. The van der Waals surface area contributed by atoms with E-state index >= 15 is 0 Å². The molecule has 1 atom stereocenters. The van der Waals surface area contributed by atoms with Gasteiger partial charge in [-0.25, -0.2) is 8.42 Å². The number of nitrogens with zero attached hydrogens (tertiary/aromatic N) is 1. The molecule has 1 aromatic carbocycles. The van der Waals surface area contributed by atoms with Crippen molar-refractivity contribution in [1.82, 2.24) is 9.62 Å². The van der Waals surface area contributed by atoms with E-state index in [1.54, 1.807) is 24.3 Å². The molecule has 24 heavy (non-hydrogen) atoms. The molecule has 136 valence electrons. The minimum absolute atomic E-state index is 0.166. The maximum atomic E-state index is 12.5. The molecule has 0 aliphatic carbocycles. The smallest absolute Gasteiger partial charge is 0.243 e. The zero-order valence-electron chi connectivity index (χ0n) is 15.2. The molecular formula is C18H30N2O3S. The van der Waals surface area contributed by atoms with E-state index in [-0.39, 0.29) is 17.3 Å². The Balaban J connectivity index is 2.58. The topological polar surface area (TPSA) is 66.5 Å². The van der Waals surface area contributed by atoms with Gasteiger partial charge in [0.15, 0.2) is 0 Å². The summed E-state index contributed by atoms with van der Waals surface area (Å²) in [5.74, 6) is 0.191. The predicted molar refractivity (Wildman–Crippen MR) is 97.3 cm³/mol. The number of hydrogen-bond donors (Lipinski definition) is 1. The first-order valence-electron chi connectivity index (χ1n) is 8.61. The van der Waals surface area contributed by atoms with Crippen LogP contribution in [0.1, 0.15) is 45.1 Å². The van der Waals surface area contributed by atoms with E-state index in [0.29, 0.717) is 12.5 Å². The van der Waals surface area contributed by atoms with E-state index in [2.05, 4.69) is 19.2 Å². The Bertz CT molecular complexity index is 612. The Morgan fingerprint density at radius 3 is 2.38 bits per heavy atom. The molecule has 0 aliphatic rings. The lowest BCUT2D eigenvalue weighted by molar-refractivity contribution is -0.121. The molecule has 0 fully saturated rings. The summed E-state index contributed by atoms with van der Waals surface area (Å²) in [5.41, 5.74) is 0.993. The number of likely N-dealkylation sites (N-methyl/N-ethyl adjacent to an activating group) is 1. The number of unbranched alkanes of at least 4 members (excludes halogenated alkanes) is 1. The molecule has 0 saturated carbocycles. The van der Waals surface area contributed by atoms with Crippen molar-refractivity contribution in [3.63, 3.8) is 0 Å². The van der Waals surface area contributed by atoms with Gasteiger partial charge in [-0.05, 0) is 31.4 Å². The monoisotopic (exact) mass is 354 g/mol. The van der Waals surface area contributed by atoms with Crippen LogP contribution in [0, 0.1) is 12.8 Å². The lowest BCUT2D eigenvalue weighted by atomic mass is 9.99. The molecule has 0 aromatic heterocycles. The summed E-state index contributed by atoms with van der Waals surface area (Å²) in [4.78, 5) is 12.3. The van der Waals surface area contributed by atoms with E-state index in [4.69, 9.17) is 0 Å². The van der Waals surface area contributed by atoms with Crippen LogP contribution in [0.15, 0.2) is 29.2 Å². The summed E-state index contributed by atoms with van der Waals surface area (Å²) in [6.45, 7) is 6.60. The first-order chi connectivity index (χ1) is 11.3. The van der Waals surface area contributed by atoms with Crippen molar-refractivity contribution in [2.45, 2.75) is 51.3 Å². The largest absolute Gasteiger partial charge is 0.355 e. The fraction of sp³-hybridized carbons (Fsp3) is 0.611. The van der Waals surface area contributed by atoms with Gasteiger partial charge in [0.2, 0.25) is 15.9 Å². The van der Waals surface area contributed by atoms with Crippen LogP contribution in [0.2, 0.25) is 0 Å². The van der Waals surface area contributed by atoms with Crippen LogP contribution in [0.5, 0.6) is 0 Å². The number of carbonyl (C=O) groups is 1. The maximum absolute atomic E-state index is 12.5. The molecular weight excluding hydrogens is 324 g/mol. The summed E-state index contributed by atoms with van der Waals surface area (Å²) in [5, 5.41) is 2.86. The van der Waals surface area contributed by atoms with Crippen LogP contribution in [-0.2, 0) is 14.8 Å². The van der Waals surface area contributed by atoms with Crippen molar-refractivity contribution < 1.29 is 13.2 Å². The molecule has 0 bridgehead atoms. The molecule has 0 unspecified atom stereocenters. The van der Waals surface area contributed by atoms with Gasteiger partial charge in [0.05, 0.1) is 11.4 Å². The SMILES string of the molecule is CCCC[C@@H](CC)CNC(=O)CN(C)S(=O)(=O)c1ccc(C)cc1. The molecule has 6 heteroatoms. The first-order valence-corrected chi connectivity index (χ1v) is 10.0. The van der Waals surface area contributed by atoms with E-state index in [1.165, 1.54) is 7.05 Å². The van der Waals surface area contributed by atoms with Crippen LogP contribution in [0.3, 0.4) is 0 Å². The lowest BCUT2D eigenvalue weighted by Crippen LogP contribution is -2.40. The Labute approximate surface area is 146 Å². The van der Waals surface area contributed by atoms with Crippen LogP contribution >= 0.6 is 0 Å². The highest BCUT2D eigenvalue weighted by Crippen LogP contribution is 2.15. The van der Waals surface area contributed by atoms with Gasteiger partial charge in [-0.1, -0.05) is 50.8 Å². The number of nitrogens with one attached hydrogen (secondary N) is 1. The quantitative estimate of drug-likeness (QED) is 0.702. The van der Waals surface area contributed by atoms with Crippen molar-refractivity contribution in [1.29, 1.82) is 0 Å². The van der Waals surface area contributed by atoms with Gasteiger partial charge in [0.25, 0.3) is 0 Å². The van der Waals surface area contributed by atoms with E-state index < -0.39 is 10.0 Å². The van der Waals surface area contributed by atoms with Gasteiger partial charge in [0, 0.05) is 13.6 Å². The summed E-state index contributed by atoms with van der Waals surface area (Å²) < 4.78 is 26.0. The van der Waals surface area contributed by atoms with Gasteiger partial charge in [-0.2, -0.15) is 4.31 Å². The second kappa shape index (κ2) is 9.79. The number of rotatable bonds is 10. The van der Waals surface area contributed by atoms with Gasteiger partial charge < -0.3 is 5.32 Å². The third-order valence-electron chi connectivity index (χ3n) is 4.23. The normalized spacial score (nSPS) is 13.0. The molecule has 1 N–H and O–H groups in total. The summed E-state index contributed by atoms with van der Waals surface area (Å²) in [7, 11) is -2.20. The summed E-state index contributed by atoms with van der Waals surface area (Å²) in [6.07, 6.45) is 4.39. The molecule has 0 aliphatic heterocycles. The zero-order chi connectivity index (χ0) is 18.2. The number of benzene rings is 1. The number of amides is 1. The molecule has 0 heterocycles. The molecule has 1 aromatic rings. The highest BCUT2D eigenvalue weighted by molar-refractivity contribution is 7.89. The van der Waals surface area contributed by atoms with Gasteiger partial charge in [-0.3, -0.25) is 4.79 Å². The molecule has 1 rings (SSSR count). The van der Waals surface area contributed by atoms with E-state index in [1.807, 2.05) is 6.92 Å². The van der Waals surface area contributed by atoms with E-state index in [9.17, 15) is 13.2 Å². The van der Waals surface area contributed by atoms with Crippen LogP contribution in [-0.4, -0.2) is 38.8 Å². The fourth-order valence-corrected chi connectivity index (χ4v) is 3.56. The molecule has 1 amide bonds. The Hall–Kier alpha value is -1.40. The fourth-order valence-electron chi connectivity index (χ4n) is 2.43. The third kappa shape index (κ3) is 6.24. The molecule has 0 radical (unpaired) electrons. The summed E-state index contributed by atoms with van der Waals surface area (Å²) >= 11 is 0. The first kappa shape index (κ1) is 20.6. The Kier molecular flexibility index (Phi) is 8.42. The zero-order valence-corrected chi connectivity index (χ0v) is 16.0. The predicted octanol–water partition coefficient (Wildman–Crippen LogP) is 2.95. The van der Waals surface area contributed by atoms with Gasteiger partial charge >= 0.3 is 0 Å². The van der Waals surface area contributed by atoms with Crippen molar-refractivity contribution >= 4 is 15.9 Å². The third-order valence-corrected chi connectivity index (χ3v) is 6.04. The minimum Gasteiger partial charge on any atom is -0.355 e. The lowest BCUT2D eigenvalue weighted by Gasteiger charge is -2.19. The van der Waals surface area contributed by atoms with Crippen molar-refractivity contribution in [2.75, 3.05) is 20.1 Å². The minimum atomic E-state index is -3.64.